The molecule has 1 fully saturated rings. The Morgan fingerprint density at radius 2 is 1.80 bits per heavy atom. The summed E-state index contributed by atoms with van der Waals surface area (Å²) < 4.78 is 5.04. The van der Waals surface area contributed by atoms with Crippen LogP contribution >= 0.6 is 11.3 Å². The number of hydrogen-bond donors (Lipinski definition) is 0. The molecule has 1 aromatic heterocycles. The summed E-state index contributed by atoms with van der Waals surface area (Å²) in [7, 11) is 0. The van der Waals surface area contributed by atoms with Crippen molar-refractivity contribution in [2.45, 2.75) is 0 Å². The smallest absolute Gasteiger partial charge is 0.331 e. The van der Waals surface area contributed by atoms with E-state index in [1.54, 1.807) is 11.0 Å². The Kier molecular flexibility index (Phi) is 5.85. The van der Waals surface area contributed by atoms with Gasteiger partial charge >= 0.3 is 5.97 Å². The van der Waals surface area contributed by atoms with E-state index in [0.717, 1.165) is 18.0 Å². The zero-order chi connectivity index (χ0) is 17.5. The van der Waals surface area contributed by atoms with Gasteiger partial charge in [0.25, 0.3) is 5.91 Å². The Bertz CT molecular complexity index is 720. The molecule has 1 amide bonds. The molecule has 2 heterocycles. The Labute approximate surface area is 151 Å². The lowest BCUT2D eigenvalue weighted by molar-refractivity contribution is -0.148. The predicted molar refractivity (Wildman–Crippen MR) is 99.5 cm³/mol. The van der Waals surface area contributed by atoms with E-state index in [9.17, 15) is 9.59 Å². The molecule has 1 aromatic carbocycles. The van der Waals surface area contributed by atoms with Crippen molar-refractivity contribution in [2.75, 3.05) is 37.7 Å². The second-order valence-electron chi connectivity index (χ2n) is 5.66. The van der Waals surface area contributed by atoms with Gasteiger partial charge in [0, 0.05) is 42.8 Å². The molecule has 2 aromatic rings. The third kappa shape index (κ3) is 4.93. The number of nitrogens with zero attached hydrogens (tertiary/aromatic N) is 2. The number of benzene rings is 1. The highest BCUT2D eigenvalue weighted by Gasteiger charge is 2.21. The number of ether oxygens (including phenoxy) is 1. The second-order valence-corrected chi connectivity index (χ2v) is 6.64. The van der Waals surface area contributed by atoms with Crippen molar-refractivity contribution in [3.05, 3.63) is 58.8 Å². The van der Waals surface area contributed by atoms with Gasteiger partial charge in [-0.05, 0) is 29.7 Å². The fourth-order valence-electron chi connectivity index (χ4n) is 2.66. The average molecular weight is 356 g/mol. The van der Waals surface area contributed by atoms with Crippen LogP contribution in [0.15, 0.2) is 53.9 Å². The monoisotopic (exact) mass is 356 g/mol. The van der Waals surface area contributed by atoms with Gasteiger partial charge in [0.05, 0.1) is 0 Å². The van der Waals surface area contributed by atoms with E-state index in [4.69, 9.17) is 4.74 Å². The summed E-state index contributed by atoms with van der Waals surface area (Å²) in [5.41, 5.74) is 1.17. The van der Waals surface area contributed by atoms with E-state index in [-0.39, 0.29) is 12.5 Å². The van der Waals surface area contributed by atoms with Crippen LogP contribution in [0.1, 0.15) is 4.88 Å². The maximum absolute atomic E-state index is 12.2. The van der Waals surface area contributed by atoms with Crippen LogP contribution in [0.3, 0.4) is 0 Å². The van der Waals surface area contributed by atoms with Gasteiger partial charge in [-0.15, -0.1) is 11.3 Å². The quantitative estimate of drug-likeness (QED) is 0.610. The van der Waals surface area contributed by atoms with Gasteiger partial charge in [-0.1, -0.05) is 24.3 Å². The van der Waals surface area contributed by atoms with Gasteiger partial charge in [0.1, 0.15) is 0 Å². The number of hydrogen-bond acceptors (Lipinski definition) is 5. The van der Waals surface area contributed by atoms with Crippen LogP contribution in [-0.2, 0) is 14.3 Å². The molecule has 0 spiro atoms. The second kappa shape index (κ2) is 8.48. The van der Waals surface area contributed by atoms with Gasteiger partial charge in [-0.2, -0.15) is 0 Å². The number of anilines is 1. The number of esters is 1. The van der Waals surface area contributed by atoms with E-state index < -0.39 is 5.97 Å². The standard InChI is InChI=1S/C19H20N2O3S/c22-18(15-24-19(23)9-8-17-7-4-14-25-17)21-12-10-20(11-13-21)16-5-2-1-3-6-16/h1-9,14H,10-13,15H2/b9-8+. The van der Waals surface area contributed by atoms with E-state index in [1.807, 2.05) is 35.7 Å². The van der Waals surface area contributed by atoms with Crippen LogP contribution in [0.5, 0.6) is 0 Å². The minimum Gasteiger partial charge on any atom is -0.452 e. The average Bonchev–Trinajstić information content (AvgIpc) is 3.19. The third-order valence-corrected chi connectivity index (χ3v) is 4.86. The number of thiophene rings is 1. The number of piperazine rings is 1. The van der Waals surface area contributed by atoms with Crippen LogP contribution < -0.4 is 4.90 Å². The minimum absolute atomic E-state index is 0.148. The molecule has 0 unspecified atom stereocenters. The Balaban J connectivity index is 1.41. The summed E-state index contributed by atoms with van der Waals surface area (Å²) in [5.74, 6) is -0.643. The molecule has 130 valence electrons. The van der Waals surface area contributed by atoms with Crippen molar-refractivity contribution in [1.29, 1.82) is 0 Å². The maximum Gasteiger partial charge on any atom is 0.331 e. The van der Waals surface area contributed by atoms with Crippen molar-refractivity contribution in [1.82, 2.24) is 4.90 Å². The molecule has 1 aliphatic heterocycles. The summed E-state index contributed by atoms with van der Waals surface area (Å²) >= 11 is 1.54. The normalized spacial score (nSPS) is 14.7. The van der Waals surface area contributed by atoms with Crippen molar-refractivity contribution >= 4 is 35.0 Å². The van der Waals surface area contributed by atoms with Gasteiger partial charge in [-0.3, -0.25) is 4.79 Å². The number of amides is 1. The molecule has 0 saturated carbocycles. The molecule has 6 heteroatoms. The summed E-state index contributed by atoms with van der Waals surface area (Å²) in [4.78, 5) is 28.8. The molecular weight excluding hydrogens is 336 g/mol. The van der Waals surface area contributed by atoms with Crippen LogP contribution in [0.2, 0.25) is 0 Å². The fourth-order valence-corrected chi connectivity index (χ4v) is 3.28. The molecule has 0 bridgehead atoms. The lowest BCUT2D eigenvalue weighted by atomic mass is 10.2. The lowest BCUT2D eigenvalue weighted by Crippen LogP contribution is -2.49. The first kappa shape index (κ1) is 17.2. The first-order chi connectivity index (χ1) is 12.2. The molecular formula is C19H20N2O3S. The molecule has 0 radical (unpaired) electrons. The molecule has 1 saturated heterocycles. The third-order valence-electron chi connectivity index (χ3n) is 4.02. The fraction of sp³-hybridized carbons (Fsp3) is 0.263. The first-order valence-corrected chi connectivity index (χ1v) is 9.06. The highest BCUT2D eigenvalue weighted by Crippen LogP contribution is 2.15. The summed E-state index contributed by atoms with van der Waals surface area (Å²) in [5, 5.41) is 1.93. The van der Waals surface area contributed by atoms with E-state index in [2.05, 4.69) is 17.0 Å². The van der Waals surface area contributed by atoms with E-state index >= 15 is 0 Å². The number of para-hydroxylation sites is 1. The minimum atomic E-state index is -0.496. The van der Waals surface area contributed by atoms with Crippen LogP contribution in [0.4, 0.5) is 5.69 Å². The summed E-state index contributed by atoms with van der Waals surface area (Å²) in [6.45, 7) is 2.62. The van der Waals surface area contributed by atoms with Crippen molar-refractivity contribution in [2.24, 2.45) is 0 Å². The molecule has 5 nitrogen and oxygen atoms in total. The largest absolute Gasteiger partial charge is 0.452 e. The van der Waals surface area contributed by atoms with Gasteiger partial charge in [0.2, 0.25) is 0 Å². The molecule has 25 heavy (non-hydrogen) atoms. The van der Waals surface area contributed by atoms with Crippen molar-refractivity contribution in [3.8, 4) is 0 Å². The van der Waals surface area contributed by atoms with Gasteiger partial charge < -0.3 is 14.5 Å². The number of carbonyl (C=O) groups excluding carboxylic acids is 2. The molecule has 1 aliphatic rings. The van der Waals surface area contributed by atoms with E-state index in [0.29, 0.717) is 13.1 Å². The maximum atomic E-state index is 12.2. The van der Waals surface area contributed by atoms with Gasteiger partial charge in [-0.25, -0.2) is 4.79 Å². The Morgan fingerprint density at radius 1 is 1.04 bits per heavy atom. The zero-order valence-electron chi connectivity index (χ0n) is 13.8. The summed E-state index contributed by atoms with van der Waals surface area (Å²) in [6, 6.07) is 14.0. The molecule has 0 N–H and O–H groups in total. The van der Waals surface area contributed by atoms with Crippen molar-refractivity contribution in [3.63, 3.8) is 0 Å². The number of rotatable bonds is 5. The van der Waals surface area contributed by atoms with Crippen LogP contribution in [0.25, 0.3) is 6.08 Å². The zero-order valence-corrected chi connectivity index (χ0v) is 14.7. The highest BCUT2D eigenvalue weighted by molar-refractivity contribution is 7.10. The first-order valence-electron chi connectivity index (χ1n) is 8.18. The summed E-state index contributed by atoms with van der Waals surface area (Å²) in [6.07, 6.45) is 3.04. The molecule has 0 aliphatic carbocycles. The molecule has 0 atom stereocenters. The highest BCUT2D eigenvalue weighted by atomic mass is 32.1. The SMILES string of the molecule is O=C(/C=C/c1cccs1)OCC(=O)N1CCN(c2ccccc2)CC1. The van der Waals surface area contributed by atoms with Crippen molar-refractivity contribution < 1.29 is 14.3 Å². The Morgan fingerprint density at radius 3 is 2.48 bits per heavy atom. The Hall–Kier alpha value is -2.60. The predicted octanol–water partition coefficient (Wildman–Crippen LogP) is 2.65. The topological polar surface area (TPSA) is 49.9 Å². The van der Waals surface area contributed by atoms with Crippen LogP contribution in [-0.4, -0.2) is 49.6 Å². The van der Waals surface area contributed by atoms with Gasteiger partial charge in [0.15, 0.2) is 6.61 Å². The van der Waals surface area contributed by atoms with E-state index in [1.165, 1.54) is 23.1 Å². The molecule has 3 rings (SSSR count). The van der Waals surface area contributed by atoms with Crippen LogP contribution in [0, 0.1) is 0 Å². The lowest BCUT2D eigenvalue weighted by Gasteiger charge is -2.36. The number of carbonyl (C=O) groups is 2.